The molecular formula is C10H12O6. The highest BCUT2D eigenvalue weighted by Gasteiger charge is 2.16. The lowest BCUT2D eigenvalue weighted by molar-refractivity contribution is -0.146. The van der Waals surface area contributed by atoms with E-state index in [-0.39, 0.29) is 12.2 Å². The molecule has 0 aliphatic carbocycles. The van der Waals surface area contributed by atoms with Crippen LogP contribution in [-0.4, -0.2) is 29.6 Å². The third-order valence-electron chi connectivity index (χ3n) is 1.30. The van der Waals surface area contributed by atoms with Gasteiger partial charge in [-0.3, -0.25) is 0 Å². The number of carboxylic acid groups (broad SMARTS) is 1. The molecule has 0 amide bonds. The Bertz CT molecular complexity index is 352. The molecule has 0 bridgehead atoms. The molecule has 0 saturated heterocycles. The van der Waals surface area contributed by atoms with Crippen molar-refractivity contribution in [1.82, 2.24) is 0 Å². The van der Waals surface area contributed by atoms with E-state index in [0.717, 1.165) is 0 Å². The molecule has 0 aromatic rings. The summed E-state index contributed by atoms with van der Waals surface area (Å²) in [7, 11) is 0. The van der Waals surface area contributed by atoms with Gasteiger partial charge < -0.3 is 14.6 Å². The monoisotopic (exact) mass is 228 g/mol. The summed E-state index contributed by atoms with van der Waals surface area (Å²) in [5, 5.41) is 8.64. The molecule has 0 aliphatic rings. The standard InChI is InChI=1S/C10H12O6/c1-4-15-8(11)5-7(9(12)13)16-10(14)6(2)3/h5H,2,4H2,1,3H3,(H,12,13)/b7-5+. The Morgan fingerprint density at radius 3 is 2.31 bits per heavy atom. The largest absolute Gasteiger partial charge is 0.475 e. The van der Waals surface area contributed by atoms with Gasteiger partial charge in [-0.15, -0.1) is 0 Å². The van der Waals surface area contributed by atoms with Gasteiger partial charge >= 0.3 is 17.9 Å². The molecule has 0 rings (SSSR count). The lowest BCUT2D eigenvalue weighted by Crippen LogP contribution is -2.14. The predicted molar refractivity (Wildman–Crippen MR) is 53.3 cm³/mol. The molecule has 0 fully saturated rings. The summed E-state index contributed by atoms with van der Waals surface area (Å²) < 4.78 is 8.88. The SMILES string of the molecule is C=C(C)C(=O)O/C(=C/C(=O)OCC)C(=O)O. The van der Waals surface area contributed by atoms with Crippen molar-refractivity contribution >= 4 is 17.9 Å². The minimum Gasteiger partial charge on any atom is -0.475 e. The Morgan fingerprint density at radius 1 is 1.38 bits per heavy atom. The van der Waals surface area contributed by atoms with Crippen LogP contribution in [0, 0.1) is 0 Å². The van der Waals surface area contributed by atoms with E-state index in [9.17, 15) is 14.4 Å². The minimum atomic E-state index is -1.54. The van der Waals surface area contributed by atoms with Gasteiger partial charge in [-0.2, -0.15) is 0 Å². The summed E-state index contributed by atoms with van der Waals surface area (Å²) in [4.78, 5) is 32.6. The zero-order valence-corrected chi connectivity index (χ0v) is 8.98. The molecule has 0 radical (unpaired) electrons. The summed E-state index contributed by atoms with van der Waals surface area (Å²) in [6.45, 7) is 6.28. The highest BCUT2D eigenvalue weighted by Crippen LogP contribution is 2.03. The van der Waals surface area contributed by atoms with Crippen LogP contribution in [0.25, 0.3) is 0 Å². The summed E-state index contributed by atoms with van der Waals surface area (Å²) in [6, 6.07) is 0. The van der Waals surface area contributed by atoms with Crippen LogP contribution in [0.15, 0.2) is 24.0 Å². The summed E-state index contributed by atoms with van der Waals surface area (Å²) >= 11 is 0. The first-order chi connectivity index (χ1) is 7.38. The second-order valence-corrected chi connectivity index (χ2v) is 2.74. The van der Waals surface area contributed by atoms with E-state index < -0.39 is 23.7 Å². The van der Waals surface area contributed by atoms with Crippen molar-refractivity contribution in [3.05, 3.63) is 24.0 Å². The van der Waals surface area contributed by atoms with Crippen LogP contribution in [0.4, 0.5) is 0 Å². The molecule has 0 atom stereocenters. The second kappa shape index (κ2) is 6.39. The summed E-state index contributed by atoms with van der Waals surface area (Å²) in [5.74, 6) is -4.15. The van der Waals surface area contributed by atoms with Gasteiger partial charge in [-0.05, 0) is 13.8 Å². The number of hydrogen-bond acceptors (Lipinski definition) is 5. The van der Waals surface area contributed by atoms with E-state index in [1.807, 2.05) is 0 Å². The highest BCUT2D eigenvalue weighted by molar-refractivity contribution is 5.98. The van der Waals surface area contributed by atoms with Crippen LogP contribution in [0.2, 0.25) is 0 Å². The van der Waals surface area contributed by atoms with E-state index in [2.05, 4.69) is 16.1 Å². The third-order valence-corrected chi connectivity index (χ3v) is 1.30. The van der Waals surface area contributed by atoms with Crippen molar-refractivity contribution in [3.8, 4) is 0 Å². The van der Waals surface area contributed by atoms with E-state index in [1.54, 1.807) is 6.92 Å². The first kappa shape index (κ1) is 13.9. The fourth-order valence-corrected chi connectivity index (χ4v) is 0.613. The van der Waals surface area contributed by atoms with Crippen LogP contribution in [0.3, 0.4) is 0 Å². The molecule has 88 valence electrons. The van der Waals surface area contributed by atoms with Crippen molar-refractivity contribution in [3.63, 3.8) is 0 Å². The maximum Gasteiger partial charge on any atom is 0.372 e. The third kappa shape index (κ3) is 4.94. The van der Waals surface area contributed by atoms with Gasteiger partial charge in [-0.1, -0.05) is 6.58 Å². The molecule has 6 nitrogen and oxygen atoms in total. The minimum absolute atomic E-state index is 0.0241. The van der Waals surface area contributed by atoms with E-state index >= 15 is 0 Å². The maximum atomic E-state index is 11.0. The normalized spacial score (nSPS) is 10.5. The number of hydrogen-bond donors (Lipinski definition) is 1. The maximum absolute atomic E-state index is 11.0. The average molecular weight is 228 g/mol. The van der Waals surface area contributed by atoms with Gasteiger partial charge in [0.2, 0.25) is 5.76 Å². The smallest absolute Gasteiger partial charge is 0.372 e. The molecule has 1 N–H and O–H groups in total. The quantitative estimate of drug-likeness (QED) is 0.422. The van der Waals surface area contributed by atoms with Crippen molar-refractivity contribution in [2.75, 3.05) is 6.61 Å². The van der Waals surface area contributed by atoms with Gasteiger partial charge in [-0.25, -0.2) is 14.4 Å². The van der Waals surface area contributed by atoms with Crippen LogP contribution in [0.5, 0.6) is 0 Å². The number of ether oxygens (including phenoxy) is 2. The first-order valence-electron chi connectivity index (χ1n) is 4.38. The lowest BCUT2D eigenvalue weighted by Gasteiger charge is -2.03. The van der Waals surface area contributed by atoms with Gasteiger partial charge in [0.15, 0.2) is 0 Å². The second-order valence-electron chi connectivity index (χ2n) is 2.74. The number of carbonyl (C=O) groups excluding carboxylic acids is 2. The van der Waals surface area contributed by atoms with Gasteiger partial charge in [0.1, 0.15) is 0 Å². The van der Waals surface area contributed by atoms with Crippen LogP contribution in [0.1, 0.15) is 13.8 Å². The Balaban J connectivity index is 4.75. The molecule has 6 heteroatoms. The van der Waals surface area contributed by atoms with E-state index in [4.69, 9.17) is 5.11 Å². The average Bonchev–Trinajstić information content (AvgIpc) is 2.16. The zero-order valence-electron chi connectivity index (χ0n) is 8.98. The lowest BCUT2D eigenvalue weighted by atomic mass is 10.3. The molecule has 16 heavy (non-hydrogen) atoms. The Kier molecular flexibility index (Phi) is 5.55. The Labute approximate surface area is 92.2 Å². The molecule has 0 saturated carbocycles. The summed E-state index contributed by atoms with van der Waals surface area (Å²) in [5.41, 5.74) is 0.0241. The van der Waals surface area contributed by atoms with Crippen molar-refractivity contribution in [2.24, 2.45) is 0 Å². The first-order valence-corrected chi connectivity index (χ1v) is 4.38. The van der Waals surface area contributed by atoms with Crippen molar-refractivity contribution in [1.29, 1.82) is 0 Å². The number of carbonyl (C=O) groups is 3. The van der Waals surface area contributed by atoms with Crippen LogP contribution in [-0.2, 0) is 23.9 Å². The van der Waals surface area contributed by atoms with Crippen molar-refractivity contribution in [2.45, 2.75) is 13.8 Å². The topological polar surface area (TPSA) is 89.9 Å². The fraction of sp³-hybridized carbons (Fsp3) is 0.300. The molecule has 0 unspecified atom stereocenters. The van der Waals surface area contributed by atoms with Crippen LogP contribution >= 0.6 is 0 Å². The number of aliphatic carboxylic acids is 1. The zero-order chi connectivity index (χ0) is 12.7. The Hall–Kier alpha value is -2.11. The van der Waals surface area contributed by atoms with Gasteiger partial charge in [0.25, 0.3) is 0 Å². The molecular weight excluding hydrogens is 216 g/mol. The highest BCUT2D eigenvalue weighted by atomic mass is 16.6. The Morgan fingerprint density at radius 2 is 1.94 bits per heavy atom. The molecule has 0 aliphatic heterocycles. The summed E-state index contributed by atoms with van der Waals surface area (Å²) in [6.07, 6.45) is 0.590. The van der Waals surface area contributed by atoms with E-state index in [1.165, 1.54) is 6.92 Å². The van der Waals surface area contributed by atoms with Gasteiger partial charge in [0.05, 0.1) is 12.7 Å². The molecule has 0 spiro atoms. The van der Waals surface area contributed by atoms with E-state index in [0.29, 0.717) is 6.08 Å². The number of carboxylic acids is 1. The number of esters is 2. The molecule has 0 aromatic heterocycles. The van der Waals surface area contributed by atoms with Crippen molar-refractivity contribution < 1.29 is 29.0 Å². The fourth-order valence-electron chi connectivity index (χ4n) is 0.613. The molecule has 0 aromatic carbocycles. The van der Waals surface area contributed by atoms with Crippen LogP contribution < -0.4 is 0 Å². The van der Waals surface area contributed by atoms with Gasteiger partial charge in [0, 0.05) is 5.57 Å². The molecule has 0 heterocycles. The number of rotatable bonds is 5. The predicted octanol–water partition coefficient (Wildman–Crippen LogP) is 0.637.